The number of fused-ring (bicyclic) bond motifs is 1. The molecule has 35 heavy (non-hydrogen) atoms. The number of nitrogens with two attached hydrogens (primary N) is 1. The zero-order valence-electron chi connectivity index (χ0n) is 20.1. The number of carbonyl (C=O) groups is 2. The van der Waals surface area contributed by atoms with Crippen LogP contribution in [-0.2, 0) is 23.0 Å². The van der Waals surface area contributed by atoms with Gasteiger partial charge in [0, 0.05) is 36.6 Å². The van der Waals surface area contributed by atoms with Gasteiger partial charge in [-0.1, -0.05) is 26.2 Å². The molecule has 0 saturated heterocycles. The number of likely N-dealkylation sites (N-methyl/N-ethyl adjacent to an activating group) is 1. The van der Waals surface area contributed by atoms with E-state index in [1.807, 2.05) is 0 Å². The summed E-state index contributed by atoms with van der Waals surface area (Å²) in [7, 11) is -2.00. The lowest BCUT2D eigenvalue weighted by atomic mass is 9.96. The third-order valence-corrected chi connectivity index (χ3v) is 10.00. The zero-order chi connectivity index (χ0) is 24.5. The number of nitrogens with zero attached hydrogens (tertiary/aromatic N) is 2. The Morgan fingerprint density at radius 2 is 1.83 bits per heavy atom. The van der Waals surface area contributed by atoms with Gasteiger partial charge in [-0.15, -0.1) is 23.7 Å². The second kappa shape index (κ2) is 11.4. The zero-order valence-corrected chi connectivity index (χ0v) is 22.5. The van der Waals surface area contributed by atoms with Gasteiger partial charge in [0.1, 0.15) is 5.00 Å². The first-order valence-corrected chi connectivity index (χ1v) is 14.0. The molecule has 8 nitrogen and oxygen atoms in total. The fourth-order valence-electron chi connectivity index (χ4n) is 4.84. The van der Waals surface area contributed by atoms with E-state index in [1.54, 1.807) is 7.05 Å². The number of benzene rings is 1. The van der Waals surface area contributed by atoms with Gasteiger partial charge in [0.2, 0.25) is 10.0 Å². The molecule has 192 valence electrons. The third-order valence-electron chi connectivity index (χ3n) is 6.94. The monoisotopic (exact) mass is 540 g/mol. The molecule has 1 aromatic heterocycles. The van der Waals surface area contributed by atoms with Crippen molar-refractivity contribution in [3.8, 4) is 0 Å². The van der Waals surface area contributed by atoms with Gasteiger partial charge in [0.05, 0.1) is 10.5 Å². The number of nitrogens with one attached hydrogen (secondary N) is 1. The third kappa shape index (κ3) is 5.72. The van der Waals surface area contributed by atoms with Gasteiger partial charge in [-0.25, -0.2) is 8.42 Å². The summed E-state index contributed by atoms with van der Waals surface area (Å²) in [5, 5.41) is 3.28. The minimum Gasteiger partial charge on any atom is -0.365 e. The Hall–Kier alpha value is -1.98. The highest BCUT2D eigenvalue weighted by molar-refractivity contribution is 7.89. The fourth-order valence-corrected chi connectivity index (χ4v) is 7.54. The number of rotatable bonds is 7. The van der Waals surface area contributed by atoms with Gasteiger partial charge in [0.15, 0.2) is 0 Å². The molecule has 2 aliphatic rings. The summed E-state index contributed by atoms with van der Waals surface area (Å²) < 4.78 is 27.6. The van der Waals surface area contributed by atoms with Crippen molar-refractivity contribution in [2.24, 2.45) is 5.73 Å². The van der Waals surface area contributed by atoms with Gasteiger partial charge in [-0.3, -0.25) is 14.5 Å². The molecule has 0 bridgehead atoms. The second-order valence-corrected chi connectivity index (χ2v) is 12.1. The molecule has 2 heterocycles. The van der Waals surface area contributed by atoms with E-state index in [2.05, 4.69) is 17.1 Å². The number of amides is 2. The summed E-state index contributed by atoms with van der Waals surface area (Å²) in [6, 6.07) is 5.97. The van der Waals surface area contributed by atoms with Gasteiger partial charge >= 0.3 is 0 Å². The van der Waals surface area contributed by atoms with Crippen LogP contribution >= 0.6 is 23.7 Å². The molecule has 1 fully saturated rings. The number of halogens is 1. The average Bonchev–Trinajstić information content (AvgIpc) is 3.21. The molecule has 11 heteroatoms. The van der Waals surface area contributed by atoms with E-state index in [4.69, 9.17) is 5.73 Å². The van der Waals surface area contributed by atoms with Crippen molar-refractivity contribution in [1.29, 1.82) is 0 Å². The van der Waals surface area contributed by atoms with E-state index < -0.39 is 21.8 Å². The topological polar surface area (TPSA) is 113 Å². The number of primary amides is 1. The number of hydrogen-bond acceptors (Lipinski definition) is 6. The molecular weight excluding hydrogens is 508 g/mol. The largest absolute Gasteiger partial charge is 0.365 e. The van der Waals surface area contributed by atoms with Crippen molar-refractivity contribution >= 4 is 50.6 Å². The van der Waals surface area contributed by atoms with E-state index in [9.17, 15) is 18.0 Å². The summed E-state index contributed by atoms with van der Waals surface area (Å²) in [5.74, 6) is -0.956. The Balaban J connectivity index is 0.00000342. The highest BCUT2D eigenvalue weighted by atomic mass is 35.5. The second-order valence-electron chi connectivity index (χ2n) is 8.98. The van der Waals surface area contributed by atoms with E-state index in [1.165, 1.54) is 39.9 Å². The molecule has 1 aliphatic heterocycles. The molecule has 2 amide bonds. The molecule has 2 aromatic rings. The lowest BCUT2D eigenvalue weighted by molar-refractivity contribution is 0.1000. The lowest BCUT2D eigenvalue weighted by Crippen LogP contribution is -2.38. The summed E-state index contributed by atoms with van der Waals surface area (Å²) in [4.78, 5) is 28.6. The number of carbonyl (C=O) groups excluding carboxylic acids is 2. The number of sulfonamides is 1. The van der Waals surface area contributed by atoms with E-state index in [0.29, 0.717) is 16.1 Å². The molecule has 3 N–H and O–H groups in total. The summed E-state index contributed by atoms with van der Waals surface area (Å²) in [5.41, 5.74) is 7.28. The van der Waals surface area contributed by atoms with E-state index >= 15 is 0 Å². The highest BCUT2D eigenvalue weighted by Crippen LogP contribution is 2.37. The molecule has 0 atom stereocenters. The van der Waals surface area contributed by atoms with Crippen molar-refractivity contribution < 1.29 is 18.0 Å². The van der Waals surface area contributed by atoms with Crippen LogP contribution in [0.4, 0.5) is 5.00 Å². The lowest BCUT2D eigenvalue weighted by Gasteiger charge is -2.30. The number of hydrogen-bond donors (Lipinski definition) is 2. The van der Waals surface area contributed by atoms with Crippen LogP contribution < -0.4 is 11.1 Å². The molecule has 1 saturated carbocycles. The summed E-state index contributed by atoms with van der Waals surface area (Å²) in [6.07, 6.45) is 5.70. The smallest absolute Gasteiger partial charge is 0.256 e. The molecule has 1 aliphatic carbocycles. The van der Waals surface area contributed by atoms with Crippen molar-refractivity contribution in [3.63, 3.8) is 0 Å². The minimum absolute atomic E-state index is 0. The van der Waals surface area contributed by atoms with Crippen LogP contribution in [0.5, 0.6) is 0 Å². The standard InChI is InChI=1S/C24H32N4O4S2.ClH/c1-3-28-14-13-19-20(15-28)33-24(21(19)22(25)29)26-23(30)16-9-11-18(12-10-16)34(31,32)27(2)17-7-5-4-6-8-17;/h9-12,17H,3-8,13-15H2,1-2H3,(H2,25,29)(H,26,30);1H. The van der Waals surface area contributed by atoms with Crippen molar-refractivity contribution in [2.75, 3.05) is 25.5 Å². The van der Waals surface area contributed by atoms with Crippen LogP contribution in [0, 0.1) is 0 Å². The van der Waals surface area contributed by atoms with Gasteiger partial charge in [0.25, 0.3) is 11.8 Å². The Morgan fingerprint density at radius 1 is 1.17 bits per heavy atom. The maximum Gasteiger partial charge on any atom is 0.256 e. The Bertz CT molecular complexity index is 1170. The first-order chi connectivity index (χ1) is 16.2. The van der Waals surface area contributed by atoms with E-state index in [-0.39, 0.29) is 23.3 Å². The van der Waals surface area contributed by atoms with Gasteiger partial charge < -0.3 is 11.1 Å². The Labute approximate surface area is 217 Å². The molecule has 0 radical (unpaired) electrons. The van der Waals surface area contributed by atoms with E-state index in [0.717, 1.165) is 68.6 Å². The van der Waals surface area contributed by atoms with Crippen molar-refractivity contribution in [3.05, 3.63) is 45.8 Å². The SMILES string of the molecule is CCN1CCc2c(sc(NC(=O)c3ccc(S(=O)(=O)N(C)C4CCCCC4)cc3)c2C(N)=O)C1.Cl. The highest BCUT2D eigenvalue weighted by Gasteiger charge is 2.30. The minimum atomic E-state index is -3.63. The van der Waals surface area contributed by atoms with Gasteiger partial charge in [-0.2, -0.15) is 4.31 Å². The predicted molar refractivity (Wildman–Crippen MR) is 141 cm³/mol. The molecule has 4 rings (SSSR count). The summed E-state index contributed by atoms with van der Waals surface area (Å²) in [6.45, 7) is 4.58. The predicted octanol–water partition coefficient (Wildman–Crippen LogP) is 3.85. The first-order valence-electron chi connectivity index (χ1n) is 11.8. The maximum atomic E-state index is 13.1. The Morgan fingerprint density at radius 3 is 2.43 bits per heavy atom. The number of anilines is 1. The maximum absolute atomic E-state index is 13.1. The van der Waals surface area contributed by atoms with Crippen LogP contribution in [0.1, 0.15) is 70.2 Å². The van der Waals surface area contributed by atoms with Crippen LogP contribution in [-0.4, -0.2) is 55.6 Å². The average molecular weight is 541 g/mol. The van der Waals surface area contributed by atoms with Crippen molar-refractivity contribution in [2.45, 2.75) is 62.9 Å². The van der Waals surface area contributed by atoms with Gasteiger partial charge in [-0.05, 0) is 55.6 Å². The molecule has 1 aromatic carbocycles. The Kier molecular flexibility index (Phi) is 8.98. The molecule has 0 spiro atoms. The van der Waals surface area contributed by atoms with Crippen LogP contribution in [0.15, 0.2) is 29.2 Å². The van der Waals surface area contributed by atoms with Crippen LogP contribution in [0.25, 0.3) is 0 Å². The van der Waals surface area contributed by atoms with Crippen LogP contribution in [0.3, 0.4) is 0 Å². The van der Waals surface area contributed by atoms with Crippen molar-refractivity contribution in [1.82, 2.24) is 9.21 Å². The summed E-state index contributed by atoms with van der Waals surface area (Å²) >= 11 is 1.38. The first kappa shape index (κ1) is 27.6. The fraction of sp³-hybridized carbons (Fsp3) is 0.500. The normalized spacial score (nSPS) is 17.0. The van der Waals surface area contributed by atoms with Crippen LogP contribution in [0.2, 0.25) is 0 Å². The molecular formula is C24H33ClN4O4S2. The molecule has 0 unspecified atom stereocenters. The number of thiophene rings is 1. The quantitative estimate of drug-likeness (QED) is 0.554.